The van der Waals surface area contributed by atoms with Crippen LogP contribution in [0, 0.1) is 12.8 Å². The van der Waals surface area contributed by atoms with Gasteiger partial charge in [0.1, 0.15) is 0 Å². The molecule has 0 radical (unpaired) electrons. The second-order valence-electron chi connectivity index (χ2n) is 5.89. The summed E-state index contributed by atoms with van der Waals surface area (Å²) in [5.41, 5.74) is 2.82. The van der Waals surface area contributed by atoms with Crippen LogP contribution >= 0.6 is 15.9 Å². The molecule has 1 saturated carbocycles. The fourth-order valence-corrected chi connectivity index (χ4v) is 3.89. The quantitative estimate of drug-likeness (QED) is 0.767. The molecule has 0 heterocycles. The normalized spacial score (nSPS) is 18.5. The molecule has 0 saturated heterocycles. The van der Waals surface area contributed by atoms with Gasteiger partial charge in [-0.25, -0.2) is 0 Å². The van der Waals surface area contributed by atoms with E-state index in [1.807, 2.05) is 0 Å². The summed E-state index contributed by atoms with van der Waals surface area (Å²) >= 11 is 3.65. The molecule has 2 rings (SSSR count). The number of hydrogen-bond donors (Lipinski definition) is 1. The molecular formula is C17H26BrN. The van der Waals surface area contributed by atoms with Crippen molar-refractivity contribution in [1.82, 2.24) is 5.32 Å². The first-order chi connectivity index (χ1) is 9.20. The third-order valence-corrected chi connectivity index (χ3v) is 4.62. The average Bonchev–Trinajstić information content (AvgIpc) is 2.39. The maximum atomic E-state index is 3.79. The van der Waals surface area contributed by atoms with Gasteiger partial charge in [0.15, 0.2) is 0 Å². The molecule has 0 spiro atoms. The summed E-state index contributed by atoms with van der Waals surface area (Å²) in [6.45, 7) is 5.55. The molecule has 1 fully saturated rings. The van der Waals surface area contributed by atoms with E-state index in [4.69, 9.17) is 0 Å². The lowest BCUT2D eigenvalue weighted by Crippen LogP contribution is -2.30. The minimum atomic E-state index is 0.538. The van der Waals surface area contributed by atoms with Crippen molar-refractivity contribution in [2.24, 2.45) is 5.92 Å². The van der Waals surface area contributed by atoms with Gasteiger partial charge in [-0.1, -0.05) is 48.2 Å². The monoisotopic (exact) mass is 323 g/mol. The van der Waals surface area contributed by atoms with Gasteiger partial charge >= 0.3 is 0 Å². The smallest absolute Gasteiger partial charge is 0.0349 e. The Bertz CT molecular complexity index is 376. The number of rotatable bonds is 5. The van der Waals surface area contributed by atoms with Crippen LogP contribution in [-0.4, -0.2) is 6.54 Å². The Balaban J connectivity index is 2.19. The van der Waals surface area contributed by atoms with Crippen molar-refractivity contribution < 1.29 is 0 Å². The summed E-state index contributed by atoms with van der Waals surface area (Å²) in [6, 6.07) is 7.39. The first-order valence-electron chi connectivity index (χ1n) is 7.71. The van der Waals surface area contributed by atoms with Crippen LogP contribution in [0.15, 0.2) is 22.7 Å². The lowest BCUT2D eigenvalue weighted by molar-refractivity contribution is 0.272. The maximum Gasteiger partial charge on any atom is 0.0349 e. The molecule has 0 aliphatic heterocycles. The maximum absolute atomic E-state index is 3.79. The highest BCUT2D eigenvalue weighted by atomic mass is 79.9. The molecule has 0 amide bonds. The molecule has 1 aliphatic rings. The largest absolute Gasteiger partial charge is 0.310 e. The molecule has 1 nitrogen and oxygen atoms in total. The Labute approximate surface area is 126 Å². The Morgan fingerprint density at radius 3 is 2.58 bits per heavy atom. The Morgan fingerprint density at radius 1 is 1.21 bits per heavy atom. The van der Waals surface area contributed by atoms with E-state index in [2.05, 4.69) is 53.3 Å². The number of halogens is 1. The molecule has 0 bridgehead atoms. The van der Waals surface area contributed by atoms with Gasteiger partial charge in [0.2, 0.25) is 0 Å². The van der Waals surface area contributed by atoms with Crippen LogP contribution in [0.1, 0.15) is 62.6 Å². The van der Waals surface area contributed by atoms with Crippen molar-refractivity contribution in [2.75, 3.05) is 6.54 Å². The van der Waals surface area contributed by atoms with Gasteiger partial charge in [-0.2, -0.15) is 0 Å². The van der Waals surface area contributed by atoms with E-state index in [1.165, 1.54) is 54.1 Å². The van der Waals surface area contributed by atoms with Crippen molar-refractivity contribution in [1.29, 1.82) is 0 Å². The highest BCUT2D eigenvalue weighted by Gasteiger charge is 2.24. The zero-order valence-corrected chi connectivity index (χ0v) is 13.8. The molecule has 1 aromatic rings. The summed E-state index contributed by atoms with van der Waals surface area (Å²) < 4.78 is 1.21. The Morgan fingerprint density at radius 2 is 1.95 bits per heavy atom. The van der Waals surface area contributed by atoms with Crippen LogP contribution in [0.2, 0.25) is 0 Å². The molecule has 0 aromatic heterocycles. The van der Waals surface area contributed by atoms with Crippen molar-refractivity contribution in [3.63, 3.8) is 0 Å². The van der Waals surface area contributed by atoms with E-state index in [0.717, 1.165) is 12.5 Å². The standard InChI is InChI=1S/C17H26BrN/c1-3-9-19-17(14-7-5-4-6-8-14)15-10-13(2)11-16(18)12-15/h10-12,14,17,19H,3-9H2,1-2H3. The second-order valence-corrected chi connectivity index (χ2v) is 6.81. The first kappa shape index (κ1) is 15.1. The van der Waals surface area contributed by atoms with Gasteiger partial charge in [0, 0.05) is 10.5 Å². The molecule has 1 unspecified atom stereocenters. The SMILES string of the molecule is CCCNC(c1cc(C)cc(Br)c1)C1CCCCC1. The van der Waals surface area contributed by atoms with E-state index in [9.17, 15) is 0 Å². The average molecular weight is 324 g/mol. The third-order valence-electron chi connectivity index (χ3n) is 4.16. The van der Waals surface area contributed by atoms with Crippen molar-refractivity contribution in [3.8, 4) is 0 Å². The minimum Gasteiger partial charge on any atom is -0.310 e. The van der Waals surface area contributed by atoms with Crippen LogP contribution in [0.3, 0.4) is 0 Å². The van der Waals surface area contributed by atoms with Gasteiger partial charge in [0.05, 0.1) is 0 Å². The van der Waals surface area contributed by atoms with E-state index < -0.39 is 0 Å². The molecule has 1 aromatic carbocycles. The van der Waals surface area contributed by atoms with Gasteiger partial charge in [-0.05, 0) is 61.9 Å². The molecule has 106 valence electrons. The van der Waals surface area contributed by atoms with E-state index in [-0.39, 0.29) is 0 Å². The third kappa shape index (κ3) is 4.32. The molecule has 1 aliphatic carbocycles. The second kappa shape index (κ2) is 7.44. The zero-order valence-electron chi connectivity index (χ0n) is 12.2. The Hall–Kier alpha value is -0.340. The Kier molecular flexibility index (Phi) is 5.90. The van der Waals surface area contributed by atoms with Crippen LogP contribution < -0.4 is 5.32 Å². The number of aryl methyl sites for hydroxylation is 1. The minimum absolute atomic E-state index is 0.538. The summed E-state index contributed by atoms with van der Waals surface area (Å²) in [6.07, 6.45) is 8.20. The van der Waals surface area contributed by atoms with Crippen LogP contribution in [0.5, 0.6) is 0 Å². The van der Waals surface area contributed by atoms with Gasteiger partial charge < -0.3 is 5.32 Å². The topological polar surface area (TPSA) is 12.0 Å². The van der Waals surface area contributed by atoms with Crippen molar-refractivity contribution in [3.05, 3.63) is 33.8 Å². The van der Waals surface area contributed by atoms with Crippen molar-refractivity contribution in [2.45, 2.75) is 58.4 Å². The number of hydrogen-bond acceptors (Lipinski definition) is 1. The highest BCUT2D eigenvalue weighted by Crippen LogP contribution is 2.35. The fraction of sp³-hybridized carbons (Fsp3) is 0.647. The van der Waals surface area contributed by atoms with E-state index in [1.54, 1.807) is 0 Å². The summed E-state index contributed by atoms with van der Waals surface area (Å²) in [4.78, 5) is 0. The van der Waals surface area contributed by atoms with E-state index >= 15 is 0 Å². The zero-order chi connectivity index (χ0) is 13.7. The van der Waals surface area contributed by atoms with Gasteiger partial charge in [-0.15, -0.1) is 0 Å². The fourth-order valence-electron chi connectivity index (χ4n) is 3.27. The number of benzene rings is 1. The van der Waals surface area contributed by atoms with Crippen LogP contribution in [0.25, 0.3) is 0 Å². The molecule has 19 heavy (non-hydrogen) atoms. The first-order valence-corrected chi connectivity index (χ1v) is 8.50. The summed E-state index contributed by atoms with van der Waals surface area (Å²) in [5, 5.41) is 3.79. The highest BCUT2D eigenvalue weighted by molar-refractivity contribution is 9.10. The van der Waals surface area contributed by atoms with Crippen LogP contribution in [0.4, 0.5) is 0 Å². The predicted molar refractivity (Wildman–Crippen MR) is 86.5 cm³/mol. The number of nitrogens with one attached hydrogen (secondary N) is 1. The molecular weight excluding hydrogens is 298 g/mol. The van der Waals surface area contributed by atoms with Crippen LogP contribution in [-0.2, 0) is 0 Å². The van der Waals surface area contributed by atoms with Gasteiger partial charge in [-0.3, -0.25) is 0 Å². The lowest BCUT2D eigenvalue weighted by Gasteiger charge is -2.32. The summed E-state index contributed by atoms with van der Waals surface area (Å²) in [7, 11) is 0. The molecule has 1 atom stereocenters. The lowest BCUT2D eigenvalue weighted by atomic mass is 9.81. The van der Waals surface area contributed by atoms with Crippen molar-refractivity contribution >= 4 is 15.9 Å². The van der Waals surface area contributed by atoms with Gasteiger partial charge in [0.25, 0.3) is 0 Å². The van der Waals surface area contributed by atoms with E-state index in [0.29, 0.717) is 6.04 Å². The summed E-state index contributed by atoms with van der Waals surface area (Å²) in [5.74, 6) is 0.814. The molecule has 1 N–H and O–H groups in total. The molecule has 2 heteroatoms. The predicted octanol–water partition coefficient (Wildman–Crippen LogP) is 5.38.